The van der Waals surface area contributed by atoms with Gasteiger partial charge in [0.1, 0.15) is 6.61 Å². The maximum absolute atomic E-state index is 6.22. The molecule has 5 heteroatoms. The summed E-state index contributed by atoms with van der Waals surface area (Å²) in [6, 6.07) is 24.7. The lowest BCUT2D eigenvalue weighted by Gasteiger charge is -2.19. The van der Waals surface area contributed by atoms with Crippen molar-refractivity contribution in [3.63, 3.8) is 0 Å². The van der Waals surface area contributed by atoms with Crippen LogP contribution >= 0.6 is 24.0 Å². The highest BCUT2D eigenvalue weighted by atomic mass is 35.5. The molecule has 0 aliphatic heterocycles. The van der Waals surface area contributed by atoms with Crippen LogP contribution in [0.15, 0.2) is 72.8 Å². The molecular formula is C25H29Cl2NO2. The van der Waals surface area contributed by atoms with Crippen LogP contribution in [0, 0.1) is 0 Å². The molecule has 3 rings (SSSR count). The van der Waals surface area contributed by atoms with E-state index in [0.717, 1.165) is 36.3 Å². The van der Waals surface area contributed by atoms with E-state index in [4.69, 9.17) is 21.1 Å². The standard InChI is InChI=1S/C25H28ClNO2.ClH/c1-3-9-23(20-10-5-4-6-11-20)27-17-19-14-15-24(25(16-19)28-2)29-18-21-12-7-8-13-22(21)26;/h4-8,10-16,23,27H,3,9,17-18H2,1-2H3;1H. The van der Waals surface area contributed by atoms with Crippen LogP contribution in [-0.2, 0) is 13.2 Å². The molecule has 0 spiro atoms. The molecule has 3 nitrogen and oxygen atoms in total. The van der Waals surface area contributed by atoms with Crippen molar-refractivity contribution in [3.8, 4) is 11.5 Å². The lowest BCUT2D eigenvalue weighted by atomic mass is 10.0. The van der Waals surface area contributed by atoms with Gasteiger partial charge in [-0.25, -0.2) is 0 Å². The summed E-state index contributed by atoms with van der Waals surface area (Å²) in [7, 11) is 1.67. The Morgan fingerprint density at radius 3 is 2.37 bits per heavy atom. The molecule has 0 amide bonds. The van der Waals surface area contributed by atoms with E-state index in [1.54, 1.807) is 7.11 Å². The Morgan fingerprint density at radius 2 is 1.67 bits per heavy atom. The van der Waals surface area contributed by atoms with E-state index >= 15 is 0 Å². The summed E-state index contributed by atoms with van der Waals surface area (Å²) in [5.74, 6) is 1.44. The topological polar surface area (TPSA) is 30.5 Å². The van der Waals surface area contributed by atoms with Gasteiger partial charge in [0, 0.05) is 23.2 Å². The molecule has 1 unspecified atom stereocenters. The zero-order chi connectivity index (χ0) is 20.5. The van der Waals surface area contributed by atoms with Crippen LogP contribution in [-0.4, -0.2) is 7.11 Å². The third kappa shape index (κ3) is 6.66. The number of hydrogen-bond acceptors (Lipinski definition) is 3. The van der Waals surface area contributed by atoms with Crippen LogP contribution in [0.25, 0.3) is 0 Å². The lowest BCUT2D eigenvalue weighted by molar-refractivity contribution is 0.284. The summed E-state index contributed by atoms with van der Waals surface area (Å²) in [5.41, 5.74) is 3.43. The first kappa shape index (κ1) is 24.1. The minimum atomic E-state index is 0. The van der Waals surface area contributed by atoms with E-state index in [2.05, 4.69) is 48.6 Å². The Bertz CT molecular complexity index is 903. The molecule has 30 heavy (non-hydrogen) atoms. The molecule has 3 aromatic rings. The van der Waals surface area contributed by atoms with Gasteiger partial charge in [-0.3, -0.25) is 0 Å². The maximum atomic E-state index is 6.22. The molecule has 0 heterocycles. The number of methoxy groups -OCH3 is 1. The number of benzene rings is 3. The average molecular weight is 446 g/mol. The van der Waals surface area contributed by atoms with Crippen LogP contribution in [0.5, 0.6) is 11.5 Å². The zero-order valence-electron chi connectivity index (χ0n) is 17.4. The fraction of sp³-hybridized carbons (Fsp3) is 0.280. The molecule has 1 N–H and O–H groups in total. The molecule has 0 saturated carbocycles. The number of nitrogens with one attached hydrogen (secondary N) is 1. The Labute approximate surface area is 190 Å². The van der Waals surface area contributed by atoms with Crippen molar-refractivity contribution in [2.24, 2.45) is 0 Å². The van der Waals surface area contributed by atoms with E-state index in [-0.39, 0.29) is 12.4 Å². The van der Waals surface area contributed by atoms with Crippen LogP contribution in [0.2, 0.25) is 5.02 Å². The Kier molecular flexibility index (Phi) is 10.0. The second-order valence-electron chi connectivity index (χ2n) is 7.00. The second-order valence-corrected chi connectivity index (χ2v) is 7.41. The molecule has 0 aliphatic rings. The minimum absolute atomic E-state index is 0. The van der Waals surface area contributed by atoms with E-state index in [9.17, 15) is 0 Å². The monoisotopic (exact) mass is 445 g/mol. The first-order valence-corrected chi connectivity index (χ1v) is 10.4. The average Bonchev–Trinajstić information content (AvgIpc) is 2.77. The first-order chi connectivity index (χ1) is 14.2. The summed E-state index contributed by atoms with van der Waals surface area (Å²) < 4.78 is 11.5. The SMILES string of the molecule is CCCC(NCc1ccc(OCc2ccccc2Cl)c(OC)c1)c1ccccc1.Cl. The van der Waals surface area contributed by atoms with Crippen molar-refractivity contribution >= 4 is 24.0 Å². The molecule has 0 bridgehead atoms. The Hall–Kier alpha value is -2.20. The third-order valence-corrected chi connectivity index (χ3v) is 5.27. The van der Waals surface area contributed by atoms with Gasteiger partial charge in [0.25, 0.3) is 0 Å². The van der Waals surface area contributed by atoms with Crippen LogP contribution in [0.1, 0.15) is 42.5 Å². The highest BCUT2D eigenvalue weighted by Gasteiger charge is 2.11. The van der Waals surface area contributed by atoms with E-state index in [1.807, 2.05) is 36.4 Å². The molecule has 0 radical (unpaired) electrons. The molecule has 0 fully saturated rings. The molecule has 160 valence electrons. The van der Waals surface area contributed by atoms with E-state index in [0.29, 0.717) is 23.4 Å². The van der Waals surface area contributed by atoms with Crippen molar-refractivity contribution in [2.45, 2.75) is 39.0 Å². The normalized spacial score (nSPS) is 11.4. The van der Waals surface area contributed by atoms with Crippen LogP contribution < -0.4 is 14.8 Å². The zero-order valence-corrected chi connectivity index (χ0v) is 19.0. The fourth-order valence-electron chi connectivity index (χ4n) is 3.31. The van der Waals surface area contributed by atoms with E-state index in [1.165, 1.54) is 5.56 Å². The quantitative estimate of drug-likeness (QED) is 0.364. The highest BCUT2D eigenvalue weighted by molar-refractivity contribution is 6.31. The molecule has 0 aliphatic carbocycles. The third-order valence-electron chi connectivity index (χ3n) is 4.90. The van der Waals surface area contributed by atoms with Crippen molar-refractivity contribution in [1.82, 2.24) is 5.32 Å². The highest BCUT2D eigenvalue weighted by Crippen LogP contribution is 2.30. The van der Waals surface area contributed by atoms with Gasteiger partial charge in [-0.2, -0.15) is 0 Å². The Morgan fingerprint density at radius 1 is 0.933 bits per heavy atom. The molecule has 3 aromatic carbocycles. The smallest absolute Gasteiger partial charge is 0.161 e. The van der Waals surface area contributed by atoms with Crippen molar-refractivity contribution in [3.05, 3.63) is 94.5 Å². The maximum Gasteiger partial charge on any atom is 0.161 e. The lowest BCUT2D eigenvalue weighted by Crippen LogP contribution is -2.20. The van der Waals surface area contributed by atoms with Gasteiger partial charge >= 0.3 is 0 Å². The largest absolute Gasteiger partial charge is 0.493 e. The van der Waals surface area contributed by atoms with Gasteiger partial charge in [0.2, 0.25) is 0 Å². The second kappa shape index (κ2) is 12.5. The summed E-state index contributed by atoms with van der Waals surface area (Å²) in [4.78, 5) is 0. The summed E-state index contributed by atoms with van der Waals surface area (Å²) in [6.45, 7) is 3.38. The summed E-state index contributed by atoms with van der Waals surface area (Å²) >= 11 is 6.22. The van der Waals surface area contributed by atoms with Crippen LogP contribution in [0.4, 0.5) is 0 Å². The predicted octanol–water partition coefficient (Wildman–Crippen LogP) is 6.98. The summed E-state index contributed by atoms with van der Waals surface area (Å²) in [5, 5.41) is 4.38. The van der Waals surface area contributed by atoms with Gasteiger partial charge in [-0.1, -0.05) is 79.5 Å². The molecular weight excluding hydrogens is 417 g/mol. The predicted molar refractivity (Wildman–Crippen MR) is 127 cm³/mol. The van der Waals surface area contributed by atoms with Crippen molar-refractivity contribution < 1.29 is 9.47 Å². The number of rotatable bonds is 10. The van der Waals surface area contributed by atoms with Gasteiger partial charge in [0.05, 0.1) is 7.11 Å². The first-order valence-electron chi connectivity index (χ1n) is 10.0. The van der Waals surface area contributed by atoms with Crippen molar-refractivity contribution in [2.75, 3.05) is 7.11 Å². The minimum Gasteiger partial charge on any atom is -0.493 e. The summed E-state index contributed by atoms with van der Waals surface area (Å²) in [6.07, 6.45) is 2.23. The van der Waals surface area contributed by atoms with E-state index < -0.39 is 0 Å². The fourth-order valence-corrected chi connectivity index (χ4v) is 3.50. The van der Waals surface area contributed by atoms with Gasteiger partial charge < -0.3 is 14.8 Å². The number of hydrogen-bond donors (Lipinski definition) is 1. The molecule has 0 saturated heterocycles. The van der Waals surface area contributed by atoms with Crippen molar-refractivity contribution in [1.29, 1.82) is 0 Å². The van der Waals surface area contributed by atoms with Gasteiger partial charge in [0.15, 0.2) is 11.5 Å². The van der Waals surface area contributed by atoms with Gasteiger partial charge in [-0.15, -0.1) is 12.4 Å². The molecule has 0 aromatic heterocycles. The van der Waals surface area contributed by atoms with Crippen LogP contribution in [0.3, 0.4) is 0 Å². The molecule has 1 atom stereocenters. The number of halogens is 2. The Balaban J connectivity index is 0.00000320. The number of ether oxygens (including phenoxy) is 2. The van der Waals surface area contributed by atoms with Gasteiger partial charge in [-0.05, 0) is 35.7 Å².